The van der Waals surface area contributed by atoms with Crippen LogP contribution in [0.4, 0.5) is 0 Å². The van der Waals surface area contributed by atoms with Crippen LogP contribution in [0, 0.1) is 6.92 Å². The molecule has 1 fully saturated rings. The van der Waals surface area contributed by atoms with Crippen molar-refractivity contribution in [3.05, 3.63) is 64.2 Å². The molecule has 3 aromatic rings. The molecule has 1 N–H and O–H groups in total. The fourth-order valence-electron chi connectivity index (χ4n) is 2.85. The summed E-state index contributed by atoms with van der Waals surface area (Å²) >= 11 is 0. The normalized spacial score (nSPS) is 19.7. The molecule has 24 heavy (non-hydrogen) atoms. The monoisotopic (exact) mass is 323 g/mol. The predicted octanol–water partition coefficient (Wildman–Crippen LogP) is 3.06. The molecule has 0 bridgehead atoms. The molecule has 6 heteroatoms. The lowest BCUT2D eigenvalue weighted by Crippen LogP contribution is -2.32. The van der Waals surface area contributed by atoms with Gasteiger partial charge >= 0.3 is 6.01 Å². The molecule has 0 saturated heterocycles. The zero-order valence-electron chi connectivity index (χ0n) is 13.2. The number of nitrogens with zero attached hydrogens (tertiary/aromatic N) is 2. The Morgan fingerprint density at radius 1 is 1.17 bits per heavy atom. The number of aromatic nitrogens is 3. The van der Waals surface area contributed by atoms with Crippen LogP contribution in [0.25, 0.3) is 11.3 Å². The Labute approximate surface area is 138 Å². The van der Waals surface area contributed by atoms with Gasteiger partial charge in [-0.25, -0.2) is 9.97 Å². The van der Waals surface area contributed by atoms with Crippen molar-refractivity contribution in [1.29, 1.82) is 0 Å². The summed E-state index contributed by atoms with van der Waals surface area (Å²) < 4.78 is 10.8. The largest absolute Gasteiger partial charge is 0.460 e. The van der Waals surface area contributed by atoms with Crippen LogP contribution in [0.2, 0.25) is 0 Å². The number of aromatic amines is 1. The lowest BCUT2D eigenvalue weighted by molar-refractivity contribution is 0.0882. The van der Waals surface area contributed by atoms with Crippen LogP contribution in [-0.2, 0) is 0 Å². The van der Waals surface area contributed by atoms with Crippen molar-refractivity contribution in [2.75, 3.05) is 0 Å². The van der Waals surface area contributed by atoms with Crippen molar-refractivity contribution >= 4 is 0 Å². The fraction of sp³-hybridized carbons (Fsp3) is 0.278. The van der Waals surface area contributed by atoms with E-state index >= 15 is 0 Å². The second-order valence-electron chi connectivity index (χ2n) is 6.15. The summed E-state index contributed by atoms with van der Waals surface area (Å²) in [6, 6.07) is 10.4. The molecule has 6 nitrogen and oxygen atoms in total. The van der Waals surface area contributed by atoms with E-state index in [1.165, 1.54) is 17.2 Å². The summed E-state index contributed by atoms with van der Waals surface area (Å²) in [5.41, 5.74) is 2.98. The van der Waals surface area contributed by atoms with Crippen molar-refractivity contribution in [2.45, 2.75) is 31.8 Å². The lowest BCUT2D eigenvalue weighted by Gasteiger charge is -2.35. The number of hydrogen-bond donors (Lipinski definition) is 1. The predicted molar refractivity (Wildman–Crippen MR) is 87.9 cm³/mol. The second-order valence-corrected chi connectivity index (χ2v) is 6.15. The Bertz CT molecular complexity index is 875. The van der Waals surface area contributed by atoms with E-state index < -0.39 is 0 Å². The lowest BCUT2D eigenvalue weighted by atomic mass is 9.77. The third-order valence-corrected chi connectivity index (χ3v) is 4.35. The Balaban J connectivity index is 1.35. The molecule has 0 unspecified atom stereocenters. The first-order valence-electron chi connectivity index (χ1n) is 7.91. The molecule has 0 spiro atoms. The Hall–Kier alpha value is -2.89. The fourth-order valence-corrected chi connectivity index (χ4v) is 2.85. The van der Waals surface area contributed by atoms with Gasteiger partial charge in [0.1, 0.15) is 6.10 Å². The van der Waals surface area contributed by atoms with Gasteiger partial charge in [0.2, 0.25) is 0 Å². The summed E-state index contributed by atoms with van der Waals surface area (Å²) in [5, 5.41) is 2.24. The highest BCUT2D eigenvalue weighted by Crippen LogP contribution is 2.38. The Kier molecular flexibility index (Phi) is 3.65. The maximum atomic E-state index is 11.1. The minimum Gasteiger partial charge on any atom is -0.460 e. The minimum absolute atomic E-state index is 0.146. The summed E-state index contributed by atoms with van der Waals surface area (Å²) in [7, 11) is 0. The average Bonchev–Trinajstić information content (AvgIpc) is 2.99. The zero-order chi connectivity index (χ0) is 16.5. The van der Waals surface area contributed by atoms with Crippen molar-refractivity contribution in [1.82, 2.24) is 15.1 Å². The second kappa shape index (κ2) is 5.96. The van der Waals surface area contributed by atoms with Gasteiger partial charge in [0, 0.05) is 12.4 Å². The number of nitrogens with one attached hydrogen (secondary N) is 1. The molecule has 4 rings (SSSR count). The van der Waals surface area contributed by atoms with E-state index in [1.807, 2.05) is 0 Å². The quantitative estimate of drug-likeness (QED) is 0.798. The maximum absolute atomic E-state index is 11.1. The van der Waals surface area contributed by atoms with E-state index in [0.29, 0.717) is 23.3 Å². The third-order valence-electron chi connectivity index (χ3n) is 4.35. The number of hydrogen-bond acceptors (Lipinski definition) is 5. The molecule has 0 atom stereocenters. The zero-order valence-corrected chi connectivity index (χ0v) is 13.2. The first-order valence-corrected chi connectivity index (χ1v) is 7.91. The first kappa shape index (κ1) is 14.7. The van der Waals surface area contributed by atoms with E-state index in [-0.39, 0.29) is 11.7 Å². The van der Waals surface area contributed by atoms with Crippen LogP contribution in [0.15, 0.2) is 52.0 Å². The highest BCUT2D eigenvalue weighted by Gasteiger charge is 2.32. The Morgan fingerprint density at radius 2 is 1.88 bits per heavy atom. The van der Waals surface area contributed by atoms with Crippen molar-refractivity contribution in [2.24, 2.45) is 0 Å². The van der Waals surface area contributed by atoms with Gasteiger partial charge < -0.3 is 9.26 Å². The van der Waals surface area contributed by atoms with Gasteiger partial charge in [0.25, 0.3) is 5.56 Å². The third kappa shape index (κ3) is 2.95. The number of rotatable bonds is 4. The maximum Gasteiger partial charge on any atom is 0.316 e. The van der Waals surface area contributed by atoms with Crippen LogP contribution >= 0.6 is 0 Å². The molecular weight excluding hydrogens is 306 g/mol. The van der Waals surface area contributed by atoms with Crippen molar-refractivity contribution in [3.8, 4) is 17.3 Å². The smallest absolute Gasteiger partial charge is 0.316 e. The highest BCUT2D eigenvalue weighted by molar-refractivity contribution is 5.53. The molecular formula is C18H17N3O3. The van der Waals surface area contributed by atoms with Gasteiger partial charge in [-0.2, -0.15) is 5.16 Å². The molecule has 0 amide bonds. The number of ether oxygens (including phenoxy) is 1. The molecule has 122 valence electrons. The standard InChI is InChI=1S/C18H17N3O3/c1-11-2-4-12(5-3-11)13-6-15(7-13)23-18-19-9-14(10-20-18)16-8-17(22)21-24-16/h2-5,8-10,13,15H,6-7H2,1H3,(H,21,22). The molecule has 1 saturated carbocycles. The van der Waals surface area contributed by atoms with Gasteiger partial charge in [0.15, 0.2) is 5.76 Å². The summed E-state index contributed by atoms with van der Waals surface area (Å²) in [5.74, 6) is 0.957. The van der Waals surface area contributed by atoms with Crippen LogP contribution in [0.5, 0.6) is 6.01 Å². The Morgan fingerprint density at radius 3 is 2.50 bits per heavy atom. The average molecular weight is 323 g/mol. The van der Waals surface area contributed by atoms with Crippen LogP contribution in [0.3, 0.4) is 0 Å². The van der Waals surface area contributed by atoms with Gasteiger partial charge in [-0.3, -0.25) is 4.79 Å². The van der Waals surface area contributed by atoms with Gasteiger partial charge in [-0.1, -0.05) is 29.8 Å². The highest BCUT2D eigenvalue weighted by atomic mass is 16.5. The molecule has 2 heterocycles. The molecule has 1 aromatic carbocycles. The number of H-pyrrole nitrogens is 1. The SMILES string of the molecule is Cc1ccc(C2CC(Oc3ncc(-c4cc(=O)[nH]o4)cn3)C2)cc1. The molecule has 2 aromatic heterocycles. The minimum atomic E-state index is -0.290. The van der Waals surface area contributed by atoms with Crippen LogP contribution in [0.1, 0.15) is 29.9 Å². The topological polar surface area (TPSA) is 81.0 Å². The van der Waals surface area contributed by atoms with Crippen molar-refractivity contribution < 1.29 is 9.26 Å². The molecule has 0 aliphatic heterocycles. The van der Waals surface area contributed by atoms with E-state index in [2.05, 4.69) is 46.3 Å². The van der Waals surface area contributed by atoms with E-state index in [0.717, 1.165) is 12.8 Å². The number of aryl methyl sites for hydroxylation is 1. The molecule has 0 radical (unpaired) electrons. The van der Waals surface area contributed by atoms with Crippen LogP contribution in [-0.4, -0.2) is 21.2 Å². The van der Waals surface area contributed by atoms with E-state index in [4.69, 9.17) is 9.26 Å². The first-order chi connectivity index (χ1) is 11.7. The molecule has 1 aliphatic rings. The van der Waals surface area contributed by atoms with E-state index in [9.17, 15) is 4.79 Å². The van der Waals surface area contributed by atoms with Crippen molar-refractivity contribution in [3.63, 3.8) is 0 Å². The number of benzene rings is 1. The van der Waals surface area contributed by atoms with Gasteiger partial charge in [-0.15, -0.1) is 0 Å². The summed E-state index contributed by atoms with van der Waals surface area (Å²) in [6.45, 7) is 2.09. The summed E-state index contributed by atoms with van der Waals surface area (Å²) in [6.07, 6.45) is 5.27. The van der Waals surface area contributed by atoms with Crippen LogP contribution < -0.4 is 10.3 Å². The van der Waals surface area contributed by atoms with Gasteiger partial charge in [-0.05, 0) is 31.2 Å². The van der Waals surface area contributed by atoms with Gasteiger partial charge in [0.05, 0.1) is 11.6 Å². The molecule has 1 aliphatic carbocycles. The summed E-state index contributed by atoms with van der Waals surface area (Å²) in [4.78, 5) is 19.4. The van der Waals surface area contributed by atoms with E-state index in [1.54, 1.807) is 12.4 Å².